The Bertz CT molecular complexity index is 790. The number of carbonyl (C=O) groups excluding carboxylic acids is 2. The zero-order valence-electron chi connectivity index (χ0n) is 23.5. The van der Waals surface area contributed by atoms with Crippen molar-refractivity contribution in [1.82, 2.24) is 5.06 Å². The molecule has 4 atom stereocenters. The van der Waals surface area contributed by atoms with E-state index >= 15 is 0 Å². The second-order valence-electron chi connectivity index (χ2n) is 11.7. The normalized spacial score (nSPS) is 26.5. The number of ether oxygens (including phenoxy) is 1. The van der Waals surface area contributed by atoms with Crippen LogP contribution in [0.25, 0.3) is 0 Å². The maximum absolute atomic E-state index is 12.6. The van der Waals surface area contributed by atoms with Gasteiger partial charge in [-0.1, -0.05) is 38.3 Å². The van der Waals surface area contributed by atoms with E-state index < -0.39 is 6.10 Å². The SMILES string of the molecule is CCCCC[C@@H](/C=C/[C@H]1[C@H](O)CC(=O)[C@H]1CC#CCCCC(=O)OC)ON1C(C)(C)CCCC1(C)C. The van der Waals surface area contributed by atoms with Gasteiger partial charge in [0.2, 0.25) is 0 Å². The Morgan fingerprint density at radius 2 is 1.86 bits per heavy atom. The first-order chi connectivity index (χ1) is 17.0. The Kier molecular flexibility index (Phi) is 12.1. The van der Waals surface area contributed by atoms with Crippen molar-refractivity contribution in [3.8, 4) is 11.8 Å². The highest BCUT2D eigenvalue weighted by molar-refractivity contribution is 5.85. The van der Waals surface area contributed by atoms with Gasteiger partial charge < -0.3 is 9.84 Å². The highest BCUT2D eigenvalue weighted by atomic mass is 16.7. The molecule has 2 rings (SSSR count). The summed E-state index contributed by atoms with van der Waals surface area (Å²) in [5.41, 5.74) is -0.0964. The van der Waals surface area contributed by atoms with Crippen molar-refractivity contribution >= 4 is 11.8 Å². The van der Waals surface area contributed by atoms with Crippen LogP contribution in [0, 0.1) is 23.7 Å². The lowest BCUT2D eigenvalue weighted by Gasteiger charge is -2.52. The molecule has 2 fully saturated rings. The highest BCUT2D eigenvalue weighted by Gasteiger charge is 2.44. The average Bonchev–Trinajstić information content (AvgIpc) is 3.07. The molecule has 0 aromatic heterocycles. The van der Waals surface area contributed by atoms with Crippen molar-refractivity contribution in [3.05, 3.63) is 12.2 Å². The third kappa shape index (κ3) is 9.01. The molecule has 1 aliphatic heterocycles. The van der Waals surface area contributed by atoms with E-state index in [2.05, 4.69) is 62.3 Å². The first kappa shape index (κ1) is 30.5. The summed E-state index contributed by atoms with van der Waals surface area (Å²) in [4.78, 5) is 30.5. The van der Waals surface area contributed by atoms with Crippen LogP contribution >= 0.6 is 0 Å². The van der Waals surface area contributed by atoms with Gasteiger partial charge >= 0.3 is 5.97 Å². The first-order valence-electron chi connectivity index (χ1n) is 13.9. The fraction of sp³-hybridized carbons (Fsp3) is 0.800. The zero-order chi connectivity index (χ0) is 26.8. The molecule has 0 aromatic rings. The topological polar surface area (TPSA) is 76.1 Å². The molecule has 1 aliphatic carbocycles. The van der Waals surface area contributed by atoms with Gasteiger partial charge in [0.15, 0.2) is 0 Å². The molecule has 1 heterocycles. The van der Waals surface area contributed by atoms with E-state index in [1.807, 2.05) is 6.08 Å². The smallest absolute Gasteiger partial charge is 0.305 e. The van der Waals surface area contributed by atoms with E-state index in [0.717, 1.165) is 38.5 Å². The fourth-order valence-corrected chi connectivity index (χ4v) is 5.61. The summed E-state index contributed by atoms with van der Waals surface area (Å²) in [7, 11) is 1.38. The number of Topliss-reactive ketones (excluding diaryl/α,β-unsaturated/α-hetero) is 1. The number of hydroxylamine groups is 2. The lowest BCUT2D eigenvalue weighted by atomic mass is 9.82. The largest absolute Gasteiger partial charge is 0.469 e. The third-order valence-corrected chi connectivity index (χ3v) is 7.65. The zero-order valence-corrected chi connectivity index (χ0v) is 23.5. The van der Waals surface area contributed by atoms with Gasteiger partial charge in [-0.25, -0.2) is 0 Å². The third-order valence-electron chi connectivity index (χ3n) is 7.65. The Labute approximate surface area is 219 Å². The van der Waals surface area contributed by atoms with E-state index in [1.165, 1.54) is 13.5 Å². The number of ketones is 1. The Balaban J connectivity index is 2.09. The van der Waals surface area contributed by atoms with E-state index in [4.69, 9.17) is 4.84 Å². The molecule has 2 aliphatic rings. The number of methoxy groups -OCH3 is 1. The first-order valence-corrected chi connectivity index (χ1v) is 13.9. The van der Waals surface area contributed by atoms with Gasteiger partial charge in [0.05, 0.1) is 19.3 Å². The Morgan fingerprint density at radius 3 is 2.50 bits per heavy atom. The molecule has 0 amide bonds. The molecular weight excluding hydrogens is 454 g/mol. The minimum Gasteiger partial charge on any atom is -0.469 e. The molecule has 1 N–H and O–H groups in total. The quantitative estimate of drug-likeness (QED) is 0.158. The van der Waals surface area contributed by atoms with Crippen LogP contribution in [0.3, 0.4) is 0 Å². The van der Waals surface area contributed by atoms with Crippen molar-refractivity contribution in [2.24, 2.45) is 11.8 Å². The number of esters is 1. The number of aliphatic hydroxyl groups is 1. The maximum atomic E-state index is 12.6. The minimum absolute atomic E-state index is 0.0482. The van der Waals surface area contributed by atoms with E-state index in [9.17, 15) is 14.7 Å². The van der Waals surface area contributed by atoms with Gasteiger partial charge in [-0.2, -0.15) is 5.06 Å². The van der Waals surface area contributed by atoms with Crippen LogP contribution in [0.15, 0.2) is 12.2 Å². The molecular formula is C30H49NO5. The molecule has 0 aromatic carbocycles. The Morgan fingerprint density at radius 1 is 1.17 bits per heavy atom. The van der Waals surface area contributed by atoms with E-state index in [-0.39, 0.29) is 47.2 Å². The van der Waals surface area contributed by atoms with Crippen LogP contribution < -0.4 is 0 Å². The summed E-state index contributed by atoms with van der Waals surface area (Å²) >= 11 is 0. The van der Waals surface area contributed by atoms with Crippen molar-refractivity contribution in [3.63, 3.8) is 0 Å². The molecule has 0 bridgehead atoms. The predicted molar refractivity (Wildman–Crippen MR) is 143 cm³/mol. The second-order valence-corrected chi connectivity index (χ2v) is 11.7. The molecule has 0 unspecified atom stereocenters. The summed E-state index contributed by atoms with van der Waals surface area (Å²) in [5, 5.41) is 12.9. The molecule has 1 saturated carbocycles. The number of nitrogens with zero attached hydrogens (tertiary/aromatic N) is 1. The Hall–Kier alpha value is -1.68. The summed E-state index contributed by atoms with van der Waals surface area (Å²) < 4.78 is 4.65. The van der Waals surface area contributed by atoms with Crippen molar-refractivity contribution < 1.29 is 24.3 Å². The number of hydrogen-bond donors (Lipinski definition) is 1. The number of aliphatic hydroxyl groups excluding tert-OH is 1. The molecule has 0 spiro atoms. The summed E-state index contributed by atoms with van der Waals surface area (Å²) in [6.45, 7) is 11.2. The maximum Gasteiger partial charge on any atom is 0.305 e. The van der Waals surface area contributed by atoms with Gasteiger partial charge in [0, 0.05) is 48.6 Å². The van der Waals surface area contributed by atoms with Gasteiger partial charge in [0.25, 0.3) is 0 Å². The van der Waals surface area contributed by atoms with Crippen molar-refractivity contribution in [2.75, 3.05) is 7.11 Å². The predicted octanol–water partition coefficient (Wildman–Crippen LogP) is 5.77. The molecule has 6 nitrogen and oxygen atoms in total. The minimum atomic E-state index is -0.681. The lowest BCUT2D eigenvalue weighted by molar-refractivity contribution is -0.297. The van der Waals surface area contributed by atoms with Gasteiger partial charge in [-0.05, 0) is 59.8 Å². The number of piperidine rings is 1. The molecule has 1 saturated heterocycles. The molecule has 0 radical (unpaired) electrons. The van der Waals surface area contributed by atoms with Crippen LogP contribution in [-0.2, 0) is 19.2 Å². The van der Waals surface area contributed by atoms with Crippen LogP contribution in [-0.4, -0.2) is 52.3 Å². The van der Waals surface area contributed by atoms with Crippen LogP contribution in [0.2, 0.25) is 0 Å². The molecule has 6 heteroatoms. The summed E-state index contributed by atoms with van der Waals surface area (Å²) in [6, 6.07) is 0. The van der Waals surface area contributed by atoms with Crippen LogP contribution in [0.5, 0.6) is 0 Å². The standard InChI is InChI=1S/C30H49NO5/c1-7-8-11-15-23(36-31-29(2,3)20-14-21-30(31,4)5)18-19-25-24(26(32)22-27(25)33)16-12-9-10-13-17-28(34)35-6/h18-19,23-25,27,33H,7-8,10-11,13-17,20-22H2,1-6H3/b19-18+/t23-,24-,25+,27+/m0/s1. The van der Waals surface area contributed by atoms with Gasteiger partial charge in [-0.15, -0.1) is 11.8 Å². The number of unbranched alkanes of at least 4 members (excludes halogenated alkanes) is 3. The van der Waals surface area contributed by atoms with Gasteiger partial charge in [0.1, 0.15) is 5.78 Å². The summed E-state index contributed by atoms with van der Waals surface area (Å²) in [6.07, 6.45) is 13.2. The number of rotatable bonds is 12. The molecule has 36 heavy (non-hydrogen) atoms. The van der Waals surface area contributed by atoms with Crippen LogP contribution in [0.4, 0.5) is 0 Å². The van der Waals surface area contributed by atoms with E-state index in [1.54, 1.807) is 0 Å². The number of carbonyl (C=O) groups is 2. The molecule has 204 valence electrons. The van der Waals surface area contributed by atoms with Crippen LogP contribution in [0.1, 0.15) is 112 Å². The summed E-state index contributed by atoms with van der Waals surface area (Å²) in [5.74, 6) is 5.47. The van der Waals surface area contributed by atoms with Gasteiger partial charge in [-0.3, -0.25) is 14.4 Å². The monoisotopic (exact) mass is 503 g/mol. The van der Waals surface area contributed by atoms with E-state index in [0.29, 0.717) is 25.7 Å². The van der Waals surface area contributed by atoms with Crippen molar-refractivity contribution in [2.45, 2.75) is 135 Å². The fourth-order valence-electron chi connectivity index (χ4n) is 5.61. The van der Waals surface area contributed by atoms with Crippen molar-refractivity contribution in [1.29, 1.82) is 0 Å². The second kappa shape index (κ2) is 14.3. The lowest BCUT2D eigenvalue weighted by Crippen LogP contribution is -2.59. The number of hydrogen-bond acceptors (Lipinski definition) is 6. The average molecular weight is 504 g/mol. The highest BCUT2D eigenvalue weighted by Crippen LogP contribution is 2.39.